The van der Waals surface area contributed by atoms with Crippen LogP contribution in [0.15, 0.2) is 38.7 Å². The quantitative estimate of drug-likeness (QED) is 0.779. The summed E-state index contributed by atoms with van der Waals surface area (Å²) in [6, 6.07) is 7.96. The van der Waals surface area contributed by atoms with E-state index in [0.717, 1.165) is 16.5 Å². The first-order valence-electron chi connectivity index (χ1n) is 6.43. The number of halogens is 1. The number of aromatic nitrogens is 3. The predicted octanol–water partition coefficient (Wildman–Crippen LogP) is 2.54. The summed E-state index contributed by atoms with van der Waals surface area (Å²) in [5, 5.41) is 7.33. The third-order valence-electron chi connectivity index (χ3n) is 2.88. The Labute approximate surface area is 130 Å². The zero-order chi connectivity index (χ0) is 14.5. The lowest BCUT2D eigenvalue weighted by atomic mass is 10.1. The Balaban J connectivity index is 2.27. The first-order chi connectivity index (χ1) is 9.67. The van der Waals surface area contributed by atoms with Crippen molar-refractivity contribution in [3.8, 4) is 0 Å². The van der Waals surface area contributed by atoms with Gasteiger partial charge >= 0.3 is 5.69 Å². The van der Waals surface area contributed by atoms with E-state index in [1.807, 2.05) is 31.2 Å². The van der Waals surface area contributed by atoms with Gasteiger partial charge in [0.1, 0.15) is 0 Å². The molecule has 1 aromatic heterocycles. The van der Waals surface area contributed by atoms with E-state index in [4.69, 9.17) is 5.73 Å². The smallest absolute Gasteiger partial charge is 0.329 e. The molecule has 1 aromatic carbocycles. The second-order valence-corrected chi connectivity index (χ2v) is 6.35. The van der Waals surface area contributed by atoms with Gasteiger partial charge in [0.2, 0.25) is 0 Å². The topological polar surface area (TPSA) is 76.7 Å². The maximum atomic E-state index is 11.7. The summed E-state index contributed by atoms with van der Waals surface area (Å²) in [6.07, 6.45) is 0.884. The Morgan fingerprint density at radius 1 is 1.50 bits per heavy atom. The van der Waals surface area contributed by atoms with Gasteiger partial charge in [0.15, 0.2) is 5.16 Å². The van der Waals surface area contributed by atoms with Crippen molar-refractivity contribution in [1.29, 1.82) is 0 Å². The minimum absolute atomic E-state index is 0.0522. The fraction of sp³-hybridized carbons (Fsp3) is 0.385. The molecule has 5 nitrogen and oxygen atoms in total. The summed E-state index contributed by atoms with van der Waals surface area (Å²) in [4.78, 5) is 11.7. The number of aromatic amines is 1. The van der Waals surface area contributed by atoms with Gasteiger partial charge in [-0.25, -0.2) is 9.89 Å². The lowest BCUT2D eigenvalue weighted by Crippen LogP contribution is -2.18. The van der Waals surface area contributed by atoms with Crippen molar-refractivity contribution in [2.45, 2.75) is 30.3 Å². The number of H-pyrrole nitrogens is 1. The third-order valence-corrected chi connectivity index (χ3v) is 4.86. The molecule has 7 heteroatoms. The van der Waals surface area contributed by atoms with Gasteiger partial charge in [-0.3, -0.25) is 4.57 Å². The van der Waals surface area contributed by atoms with Gasteiger partial charge in [-0.15, -0.1) is 5.10 Å². The van der Waals surface area contributed by atoms with Crippen LogP contribution >= 0.6 is 27.7 Å². The van der Waals surface area contributed by atoms with E-state index in [1.54, 1.807) is 4.57 Å². The highest BCUT2D eigenvalue weighted by atomic mass is 79.9. The van der Waals surface area contributed by atoms with E-state index >= 15 is 0 Å². The van der Waals surface area contributed by atoms with Crippen LogP contribution < -0.4 is 11.4 Å². The van der Waals surface area contributed by atoms with Gasteiger partial charge in [-0.1, -0.05) is 52.8 Å². The van der Waals surface area contributed by atoms with E-state index < -0.39 is 0 Å². The normalized spacial score (nSPS) is 12.6. The average Bonchev–Trinajstić information content (AvgIpc) is 2.79. The Hall–Kier alpha value is -1.05. The summed E-state index contributed by atoms with van der Waals surface area (Å²) in [5.74, 6) is 0. The number of nitrogens with zero attached hydrogens (tertiary/aromatic N) is 2. The molecule has 0 radical (unpaired) electrons. The van der Waals surface area contributed by atoms with Gasteiger partial charge in [0, 0.05) is 17.6 Å². The van der Waals surface area contributed by atoms with Gasteiger partial charge in [0.05, 0.1) is 5.25 Å². The van der Waals surface area contributed by atoms with Crippen LogP contribution in [0.2, 0.25) is 0 Å². The molecule has 2 rings (SSSR count). The van der Waals surface area contributed by atoms with Crippen molar-refractivity contribution in [2.24, 2.45) is 5.73 Å². The SMILES string of the molecule is CCCn1c(SC(CN)c2ccccc2Br)n[nH]c1=O. The van der Waals surface area contributed by atoms with Crippen molar-refractivity contribution in [2.75, 3.05) is 6.54 Å². The Bertz CT molecular complexity index is 625. The summed E-state index contributed by atoms with van der Waals surface area (Å²) < 4.78 is 2.67. The average molecular weight is 357 g/mol. The molecule has 0 aliphatic rings. The summed E-state index contributed by atoms with van der Waals surface area (Å²) in [7, 11) is 0. The van der Waals surface area contributed by atoms with Crippen molar-refractivity contribution < 1.29 is 0 Å². The first-order valence-corrected chi connectivity index (χ1v) is 8.11. The van der Waals surface area contributed by atoms with Crippen LogP contribution in [0, 0.1) is 0 Å². The molecule has 2 aromatic rings. The molecule has 0 spiro atoms. The third kappa shape index (κ3) is 3.34. The molecule has 108 valence electrons. The van der Waals surface area contributed by atoms with Crippen LogP contribution in [0.25, 0.3) is 0 Å². The highest BCUT2D eigenvalue weighted by Gasteiger charge is 2.18. The van der Waals surface area contributed by atoms with Crippen molar-refractivity contribution in [3.63, 3.8) is 0 Å². The monoisotopic (exact) mass is 356 g/mol. The molecule has 1 heterocycles. The fourth-order valence-corrected chi connectivity index (χ4v) is 3.71. The maximum Gasteiger partial charge on any atom is 0.343 e. The van der Waals surface area contributed by atoms with Crippen LogP contribution in [0.3, 0.4) is 0 Å². The Morgan fingerprint density at radius 3 is 2.90 bits per heavy atom. The van der Waals surface area contributed by atoms with Crippen molar-refractivity contribution >= 4 is 27.7 Å². The van der Waals surface area contributed by atoms with E-state index in [2.05, 4.69) is 26.1 Å². The lowest BCUT2D eigenvalue weighted by Gasteiger charge is -2.16. The summed E-state index contributed by atoms with van der Waals surface area (Å²) in [6.45, 7) is 3.16. The van der Waals surface area contributed by atoms with Crippen molar-refractivity contribution in [3.05, 3.63) is 44.8 Å². The number of nitrogens with one attached hydrogen (secondary N) is 1. The number of benzene rings is 1. The first kappa shape index (κ1) is 15.3. The van der Waals surface area contributed by atoms with Crippen molar-refractivity contribution in [1.82, 2.24) is 14.8 Å². The van der Waals surface area contributed by atoms with Crippen LogP contribution in [0.1, 0.15) is 24.2 Å². The number of thioether (sulfide) groups is 1. The molecule has 0 saturated heterocycles. The van der Waals surface area contributed by atoms with E-state index in [1.165, 1.54) is 11.8 Å². The molecule has 0 aliphatic carbocycles. The molecular weight excluding hydrogens is 340 g/mol. The highest BCUT2D eigenvalue weighted by Crippen LogP contribution is 2.36. The zero-order valence-corrected chi connectivity index (χ0v) is 13.6. The molecule has 1 atom stereocenters. The molecule has 0 bridgehead atoms. The van der Waals surface area contributed by atoms with Crippen LogP contribution in [-0.4, -0.2) is 21.3 Å². The van der Waals surface area contributed by atoms with Crippen LogP contribution in [-0.2, 0) is 6.54 Å². The van der Waals surface area contributed by atoms with Crippen LogP contribution in [0.4, 0.5) is 0 Å². The minimum atomic E-state index is -0.169. The Morgan fingerprint density at radius 2 is 2.25 bits per heavy atom. The second-order valence-electron chi connectivity index (χ2n) is 4.33. The number of hydrogen-bond acceptors (Lipinski definition) is 4. The number of rotatable bonds is 6. The van der Waals surface area contributed by atoms with E-state index in [-0.39, 0.29) is 10.9 Å². The minimum Gasteiger partial charge on any atom is -0.329 e. The molecular formula is C13H17BrN4OS. The van der Waals surface area contributed by atoms with Gasteiger partial charge < -0.3 is 5.73 Å². The predicted molar refractivity (Wildman–Crippen MR) is 84.9 cm³/mol. The maximum absolute atomic E-state index is 11.7. The second kappa shape index (κ2) is 7.10. The molecule has 20 heavy (non-hydrogen) atoms. The van der Waals surface area contributed by atoms with Gasteiger partial charge in [0.25, 0.3) is 0 Å². The molecule has 0 amide bonds. The number of hydrogen-bond donors (Lipinski definition) is 2. The standard InChI is InChI=1S/C13H17BrN4OS/c1-2-7-18-12(19)16-17-13(18)20-11(8-15)9-5-3-4-6-10(9)14/h3-6,11H,2,7-8,15H2,1H3,(H,16,19). The van der Waals surface area contributed by atoms with E-state index in [9.17, 15) is 4.79 Å². The Kier molecular flexibility index (Phi) is 5.45. The largest absolute Gasteiger partial charge is 0.343 e. The molecule has 0 fully saturated rings. The molecule has 3 N–H and O–H groups in total. The summed E-state index contributed by atoms with van der Waals surface area (Å²) >= 11 is 5.05. The molecule has 1 unspecified atom stereocenters. The highest BCUT2D eigenvalue weighted by molar-refractivity contribution is 9.10. The van der Waals surface area contributed by atoms with Crippen LogP contribution in [0.5, 0.6) is 0 Å². The molecule has 0 saturated carbocycles. The van der Waals surface area contributed by atoms with E-state index in [0.29, 0.717) is 18.2 Å². The van der Waals surface area contributed by atoms with Gasteiger partial charge in [-0.05, 0) is 18.1 Å². The summed E-state index contributed by atoms with van der Waals surface area (Å²) in [5.41, 5.74) is 6.83. The number of nitrogens with two attached hydrogens (primary N) is 1. The molecule has 0 aliphatic heterocycles. The lowest BCUT2D eigenvalue weighted by molar-refractivity contribution is 0.602. The van der Waals surface area contributed by atoms with Gasteiger partial charge in [-0.2, -0.15) is 0 Å². The zero-order valence-electron chi connectivity index (χ0n) is 11.2. The fourth-order valence-electron chi connectivity index (χ4n) is 1.92.